The Morgan fingerprint density at radius 2 is 1.96 bits per heavy atom. The maximum Gasteiger partial charge on any atom is 0.341 e. The second-order valence-electron chi connectivity index (χ2n) is 5.23. The third-order valence-electron chi connectivity index (χ3n) is 3.34. The summed E-state index contributed by atoms with van der Waals surface area (Å²) >= 11 is 5.89. The molecule has 3 N–H and O–H groups in total. The molecule has 0 fully saturated rings. The van der Waals surface area contributed by atoms with E-state index in [4.69, 9.17) is 22.1 Å². The van der Waals surface area contributed by atoms with Crippen LogP contribution in [-0.4, -0.2) is 18.0 Å². The quantitative estimate of drug-likeness (QED) is 0.652. The summed E-state index contributed by atoms with van der Waals surface area (Å²) in [5.74, 6) is -1.89. The smallest absolute Gasteiger partial charge is 0.341 e. The average molecular weight is 351 g/mol. The molecule has 24 heavy (non-hydrogen) atoms. The predicted molar refractivity (Wildman–Crippen MR) is 90.5 cm³/mol. The minimum atomic E-state index is -1.07. The molecular formula is C17H16ClFN2O3. The number of aryl methyl sites for hydroxylation is 1. The third-order valence-corrected chi connectivity index (χ3v) is 3.58. The van der Waals surface area contributed by atoms with Gasteiger partial charge in [0.2, 0.25) is 0 Å². The van der Waals surface area contributed by atoms with Crippen molar-refractivity contribution in [2.24, 2.45) is 0 Å². The van der Waals surface area contributed by atoms with Gasteiger partial charge in [0.25, 0.3) is 5.91 Å². The van der Waals surface area contributed by atoms with Crippen LogP contribution in [-0.2, 0) is 9.53 Å². The summed E-state index contributed by atoms with van der Waals surface area (Å²) in [6.45, 7) is 3.23. The maximum absolute atomic E-state index is 13.0. The van der Waals surface area contributed by atoms with E-state index in [1.54, 1.807) is 18.2 Å². The standard InChI is InChI=1S/C17H16ClFN2O3/c1-9-3-4-11(18)7-15(9)21-16(22)10(2)24-17(23)13-6-5-12(19)8-14(13)20/h3-8,10H,20H2,1-2H3,(H,21,22)/t10-/m0/s1. The highest BCUT2D eigenvalue weighted by molar-refractivity contribution is 6.31. The Labute approximate surface area is 143 Å². The maximum atomic E-state index is 13.0. The van der Waals surface area contributed by atoms with Crippen LogP contribution in [0.2, 0.25) is 5.02 Å². The van der Waals surface area contributed by atoms with Crippen LogP contribution in [0.15, 0.2) is 36.4 Å². The molecule has 0 heterocycles. The van der Waals surface area contributed by atoms with E-state index in [-0.39, 0.29) is 11.3 Å². The Kier molecular flexibility index (Phi) is 5.41. The van der Waals surface area contributed by atoms with Crippen molar-refractivity contribution in [1.29, 1.82) is 0 Å². The molecule has 7 heteroatoms. The first-order chi connectivity index (χ1) is 11.3. The van der Waals surface area contributed by atoms with Crippen molar-refractivity contribution in [3.05, 3.63) is 58.4 Å². The van der Waals surface area contributed by atoms with Crippen molar-refractivity contribution < 1.29 is 18.7 Å². The van der Waals surface area contributed by atoms with Gasteiger partial charge in [-0.25, -0.2) is 9.18 Å². The fraction of sp³-hybridized carbons (Fsp3) is 0.176. The second kappa shape index (κ2) is 7.31. The van der Waals surface area contributed by atoms with Gasteiger partial charge in [0, 0.05) is 16.4 Å². The molecule has 5 nitrogen and oxygen atoms in total. The van der Waals surface area contributed by atoms with Crippen molar-refractivity contribution in [1.82, 2.24) is 0 Å². The van der Waals surface area contributed by atoms with E-state index in [9.17, 15) is 14.0 Å². The summed E-state index contributed by atoms with van der Waals surface area (Å²) in [6, 6.07) is 8.37. The highest BCUT2D eigenvalue weighted by atomic mass is 35.5. The molecule has 2 aromatic carbocycles. The number of anilines is 2. The lowest BCUT2D eigenvalue weighted by Gasteiger charge is -2.15. The monoisotopic (exact) mass is 350 g/mol. The molecule has 0 unspecified atom stereocenters. The Hall–Kier alpha value is -2.60. The number of carbonyl (C=O) groups excluding carboxylic acids is 2. The van der Waals surface area contributed by atoms with Crippen LogP contribution in [0.1, 0.15) is 22.8 Å². The van der Waals surface area contributed by atoms with Gasteiger partial charge in [-0.3, -0.25) is 4.79 Å². The first kappa shape index (κ1) is 17.7. The topological polar surface area (TPSA) is 81.4 Å². The Bertz CT molecular complexity index is 795. The lowest BCUT2D eigenvalue weighted by atomic mass is 10.2. The van der Waals surface area contributed by atoms with Crippen LogP contribution in [0.25, 0.3) is 0 Å². The van der Waals surface area contributed by atoms with Crippen LogP contribution in [0.5, 0.6) is 0 Å². The molecule has 0 aliphatic heterocycles. The molecule has 0 aliphatic rings. The zero-order valence-electron chi connectivity index (χ0n) is 13.1. The molecule has 0 aliphatic carbocycles. The average Bonchev–Trinajstić information content (AvgIpc) is 2.50. The van der Waals surface area contributed by atoms with Crippen LogP contribution in [0.4, 0.5) is 15.8 Å². The normalized spacial score (nSPS) is 11.7. The molecule has 126 valence electrons. The number of ether oxygens (including phenoxy) is 1. The first-order valence-electron chi connectivity index (χ1n) is 7.11. The molecule has 2 aromatic rings. The van der Waals surface area contributed by atoms with Gasteiger partial charge in [-0.2, -0.15) is 0 Å². The Morgan fingerprint density at radius 3 is 2.62 bits per heavy atom. The Morgan fingerprint density at radius 1 is 1.25 bits per heavy atom. The summed E-state index contributed by atoms with van der Waals surface area (Å²) in [4.78, 5) is 24.2. The number of nitrogens with one attached hydrogen (secondary N) is 1. The van der Waals surface area contributed by atoms with Gasteiger partial charge >= 0.3 is 5.97 Å². The van der Waals surface area contributed by atoms with Crippen molar-refractivity contribution in [2.75, 3.05) is 11.1 Å². The van der Waals surface area contributed by atoms with Crippen molar-refractivity contribution in [3.8, 4) is 0 Å². The fourth-order valence-corrected chi connectivity index (χ4v) is 2.13. The fourth-order valence-electron chi connectivity index (χ4n) is 1.96. The van der Waals surface area contributed by atoms with Gasteiger partial charge in [-0.05, 0) is 49.7 Å². The molecular weight excluding hydrogens is 335 g/mol. The van der Waals surface area contributed by atoms with Gasteiger partial charge in [0.05, 0.1) is 5.56 Å². The summed E-state index contributed by atoms with van der Waals surface area (Å²) in [6.07, 6.45) is -1.07. The molecule has 0 aromatic heterocycles. The van der Waals surface area contributed by atoms with E-state index in [0.717, 1.165) is 17.7 Å². The van der Waals surface area contributed by atoms with Crippen molar-refractivity contribution >= 4 is 34.9 Å². The molecule has 0 bridgehead atoms. The summed E-state index contributed by atoms with van der Waals surface area (Å²) in [5, 5.41) is 3.11. The minimum absolute atomic E-state index is 0.00464. The summed E-state index contributed by atoms with van der Waals surface area (Å²) in [7, 11) is 0. The van der Waals surface area contributed by atoms with Gasteiger partial charge in [0.15, 0.2) is 6.10 Å². The minimum Gasteiger partial charge on any atom is -0.449 e. The number of amides is 1. The molecule has 0 saturated carbocycles. The van der Waals surface area contributed by atoms with E-state index >= 15 is 0 Å². The van der Waals surface area contributed by atoms with E-state index in [2.05, 4.69) is 5.32 Å². The molecule has 1 atom stereocenters. The zero-order valence-corrected chi connectivity index (χ0v) is 13.9. The Balaban J connectivity index is 2.05. The predicted octanol–water partition coefficient (Wildman–Crippen LogP) is 3.55. The van der Waals surface area contributed by atoms with Crippen molar-refractivity contribution in [3.63, 3.8) is 0 Å². The molecule has 0 radical (unpaired) electrons. The number of nitrogen functional groups attached to an aromatic ring is 1. The number of halogens is 2. The number of esters is 1. The largest absolute Gasteiger partial charge is 0.449 e. The molecule has 0 spiro atoms. The third kappa shape index (κ3) is 4.23. The van der Waals surface area contributed by atoms with Gasteiger partial charge in [-0.15, -0.1) is 0 Å². The number of rotatable bonds is 4. The number of hydrogen-bond donors (Lipinski definition) is 2. The SMILES string of the molecule is Cc1ccc(Cl)cc1NC(=O)[C@H](C)OC(=O)c1ccc(F)cc1N. The van der Waals surface area contributed by atoms with E-state index in [1.165, 1.54) is 13.0 Å². The lowest BCUT2D eigenvalue weighted by molar-refractivity contribution is -0.123. The highest BCUT2D eigenvalue weighted by Crippen LogP contribution is 2.21. The van der Waals surface area contributed by atoms with Crippen LogP contribution < -0.4 is 11.1 Å². The van der Waals surface area contributed by atoms with E-state index in [0.29, 0.717) is 10.7 Å². The highest BCUT2D eigenvalue weighted by Gasteiger charge is 2.21. The molecule has 2 rings (SSSR count). The van der Waals surface area contributed by atoms with Crippen LogP contribution in [0.3, 0.4) is 0 Å². The number of nitrogens with two attached hydrogens (primary N) is 1. The number of carbonyl (C=O) groups is 2. The van der Waals surface area contributed by atoms with Gasteiger partial charge in [-0.1, -0.05) is 17.7 Å². The number of benzene rings is 2. The summed E-state index contributed by atoms with van der Waals surface area (Å²) < 4.78 is 18.1. The van der Waals surface area contributed by atoms with Crippen LogP contribution >= 0.6 is 11.6 Å². The van der Waals surface area contributed by atoms with Crippen molar-refractivity contribution in [2.45, 2.75) is 20.0 Å². The summed E-state index contributed by atoms with van der Waals surface area (Å²) in [5.41, 5.74) is 6.86. The molecule has 1 amide bonds. The lowest BCUT2D eigenvalue weighted by Crippen LogP contribution is -2.30. The van der Waals surface area contributed by atoms with Gasteiger partial charge in [0.1, 0.15) is 5.82 Å². The second-order valence-corrected chi connectivity index (χ2v) is 5.66. The number of hydrogen-bond acceptors (Lipinski definition) is 4. The first-order valence-corrected chi connectivity index (χ1v) is 7.48. The van der Waals surface area contributed by atoms with Gasteiger partial charge < -0.3 is 15.8 Å². The van der Waals surface area contributed by atoms with E-state index < -0.39 is 23.8 Å². The van der Waals surface area contributed by atoms with E-state index in [1.807, 2.05) is 6.92 Å². The zero-order chi connectivity index (χ0) is 17.9. The van der Waals surface area contributed by atoms with Crippen LogP contribution in [0, 0.1) is 12.7 Å². The molecule has 0 saturated heterocycles.